The molecule has 1 fully saturated rings. The fourth-order valence-electron chi connectivity index (χ4n) is 2.76. The molecule has 1 aromatic carbocycles. The minimum atomic E-state index is -0.209. The van der Waals surface area contributed by atoms with Gasteiger partial charge in [-0.05, 0) is 36.6 Å². The molecule has 7 heteroatoms. The highest BCUT2D eigenvalue weighted by atomic mass is 79.9. The van der Waals surface area contributed by atoms with E-state index in [9.17, 15) is 4.79 Å². The molecule has 2 heterocycles. The molecule has 0 bridgehead atoms. The molecule has 3 aromatic rings. The van der Waals surface area contributed by atoms with Crippen LogP contribution in [0.4, 0.5) is 0 Å². The lowest BCUT2D eigenvalue weighted by Gasteiger charge is -2.17. The summed E-state index contributed by atoms with van der Waals surface area (Å²) in [7, 11) is 0. The van der Waals surface area contributed by atoms with Gasteiger partial charge in [0.1, 0.15) is 0 Å². The Balaban J connectivity index is 1.43. The van der Waals surface area contributed by atoms with E-state index in [1.807, 2.05) is 17.5 Å². The Morgan fingerprint density at radius 1 is 1.20 bits per heavy atom. The van der Waals surface area contributed by atoms with Gasteiger partial charge in [0.15, 0.2) is 10.8 Å². The number of carbonyl (C=O) groups excluding carboxylic acids is 1. The van der Waals surface area contributed by atoms with E-state index in [-0.39, 0.29) is 17.9 Å². The van der Waals surface area contributed by atoms with Crippen LogP contribution < -0.4 is 5.32 Å². The quantitative estimate of drug-likeness (QED) is 0.690. The van der Waals surface area contributed by atoms with Crippen LogP contribution in [0.3, 0.4) is 0 Å². The molecule has 0 spiro atoms. The summed E-state index contributed by atoms with van der Waals surface area (Å²) in [5.74, 6) is 0.582. The zero-order chi connectivity index (χ0) is 17.3. The second kappa shape index (κ2) is 6.65. The molecule has 25 heavy (non-hydrogen) atoms. The Labute approximate surface area is 157 Å². The Morgan fingerprint density at radius 2 is 1.92 bits per heavy atom. The first-order valence-electron chi connectivity index (χ1n) is 7.93. The Kier molecular flexibility index (Phi) is 4.35. The van der Waals surface area contributed by atoms with Crippen LogP contribution in [0, 0.1) is 0 Å². The van der Waals surface area contributed by atoms with Crippen LogP contribution in [0.5, 0.6) is 0 Å². The number of nitrogens with one attached hydrogen (secondary N) is 1. The van der Waals surface area contributed by atoms with Gasteiger partial charge >= 0.3 is 0 Å². The molecule has 0 aliphatic heterocycles. The molecule has 0 atom stereocenters. The topological polar surface area (TPSA) is 67.8 Å². The number of thiazole rings is 1. The van der Waals surface area contributed by atoms with Gasteiger partial charge in [0.2, 0.25) is 5.91 Å². The third-order valence-corrected chi connectivity index (χ3v) is 5.59. The lowest BCUT2D eigenvalue weighted by molar-refractivity contribution is -0.121. The summed E-state index contributed by atoms with van der Waals surface area (Å²) in [6.45, 7) is 0. The van der Waals surface area contributed by atoms with Crippen LogP contribution >= 0.6 is 27.3 Å². The summed E-state index contributed by atoms with van der Waals surface area (Å²) in [5, 5.41) is 5.81. The van der Waals surface area contributed by atoms with Gasteiger partial charge in [0.25, 0.3) is 0 Å². The predicted octanol–water partition coefficient (Wildman–Crippen LogP) is 3.71. The van der Waals surface area contributed by atoms with Gasteiger partial charge in [0.05, 0.1) is 17.7 Å². The first kappa shape index (κ1) is 16.4. The Morgan fingerprint density at radius 3 is 2.60 bits per heavy atom. The first-order valence-corrected chi connectivity index (χ1v) is 9.61. The van der Waals surface area contributed by atoms with E-state index in [4.69, 9.17) is 0 Å². The molecular weight excluding hydrogens is 400 g/mol. The summed E-state index contributed by atoms with van der Waals surface area (Å²) < 4.78 is 1.04. The maximum Gasteiger partial charge on any atom is 0.226 e. The van der Waals surface area contributed by atoms with Crippen molar-refractivity contribution >= 4 is 33.2 Å². The number of carbonyl (C=O) groups is 1. The smallest absolute Gasteiger partial charge is 0.226 e. The van der Waals surface area contributed by atoms with Gasteiger partial charge in [0, 0.05) is 22.2 Å². The van der Waals surface area contributed by atoms with Gasteiger partial charge in [-0.25, -0.2) is 15.0 Å². The summed E-state index contributed by atoms with van der Waals surface area (Å²) in [5.41, 5.74) is 1.69. The molecule has 5 nitrogen and oxygen atoms in total. The van der Waals surface area contributed by atoms with Gasteiger partial charge in [-0.1, -0.05) is 28.1 Å². The van der Waals surface area contributed by atoms with Gasteiger partial charge in [-0.3, -0.25) is 4.79 Å². The van der Waals surface area contributed by atoms with Crippen LogP contribution in [0.2, 0.25) is 0 Å². The molecule has 1 aliphatic rings. The summed E-state index contributed by atoms with van der Waals surface area (Å²) in [4.78, 5) is 25.3. The van der Waals surface area contributed by atoms with E-state index >= 15 is 0 Å². The molecule has 0 saturated heterocycles. The molecule has 0 radical (unpaired) electrons. The van der Waals surface area contributed by atoms with Gasteiger partial charge in [-0.2, -0.15) is 0 Å². The van der Waals surface area contributed by atoms with Crippen molar-refractivity contribution in [2.75, 3.05) is 0 Å². The fourth-order valence-corrected chi connectivity index (χ4v) is 3.78. The number of amides is 1. The first-order chi connectivity index (χ1) is 12.1. The SMILES string of the molecule is O=C(Cc1csc(-c2ncccn2)n1)NC1(c2ccc(Br)cc2)CC1. The highest BCUT2D eigenvalue weighted by Crippen LogP contribution is 2.45. The number of nitrogens with zero attached hydrogens (tertiary/aromatic N) is 3. The van der Waals surface area contributed by atoms with Crippen molar-refractivity contribution in [1.82, 2.24) is 20.3 Å². The lowest BCUT2D eigenvalue weighted by Crippen LogP contribution is -2.35. The standard InChI is InChI=1S/C18H15BrN4OS/c19-13-4-2-12(3-5-13)18(6-7-18)23-15(24)10-14-11-25-17(22-14)16-20-8-1-9-21-16/h1-5,8-9,11H,6-7,10H2,(H,23,24). The van der Waals surface area contributed by atoms with E-state index in [1.165, 1.54) is 11.3 Å². The molecular formula is C18H15BrN4OS. The maximum atomic E-state index is 12.5. The third-order valence-electron chi connectivity index (χ3n) is 4.18. The molecule has 2 aromatic heterocycles. The summed E-state index contributed by atoms with van der Waals surface area (Å²) in [6.07, 6.45) is 5.58. The van der Waals surface area contributed by atoms with Crippen molar-refractivity contribution in [3.8, 4) is 10.8 Å². The number of aromatic nitrogens is 3. The van der Waals surface area contributed by atoms with Gasteiger partial charge in [-0.15, -0.1) is 11.3 Å². The predicted molar refractivity (Wildman–Crippen MR) is 100 cm³/mol. The van der Waals surface area contributed by atoms with Crippen LogP contribution in [-0.4, -0.2) is 20.9 Å². The molecule has 1 saturated carbocycles. The largest absolute Gasteiger partial charge is 0.346 e. The number of benzene rings is 1. The minimum absolute atomic E-state index is 0.00810. The van der Waals surface area contributed by atoms with E-state index in [2.05, 4.69) is 48.3 Å². The summed E-state index contributed by atoms with van der Waals surface area (Å²) in [6, 6.07) is 9.90. The summed E-state index contributed by atoms with van der Waals surface area (Å²) >= 11 is 4.90. The highest BCUT2D eigenvalue weighted by molar-refractivity contribution is 9.10. The molecule has 1 amide bonds. The average Bonchev–Trinajstić information content (AvgIpc) is 3.25. The number of hydrogen-bond acceptors (Lipinski definition) is 5. The van der Waals surface area contributed by atoms with E-state index in [1.54, 1.807) is 18.5 Å². The second-order valence-corrected chi connectivity index (χ2v) is 7.80. The molecule has 0 unspecified atom stereocenters. The van der Waals surface area contributed by atoms with Crippen LogP contribution in [0.25, 0.3) is 10.8 Å². The highest BCUT2D eigenvalue weighted by Gasteiger charge is 2.45. The molecule has 4 rings (SSSR count). The van der Waals surface area contributed by atoms with Crippen molar-refractivity contribution in [3.05, 3.63) is 63.8 Å². The zero-order valence-electron chi connectivity index (χ0n) is 13.3. The maximum absolute atomic E-state index is 12.5. The van der Waals surface area contributed by atoms with Crippen LogP contribution in [-0.2, 0) is 16.8 Å². The second-order valence-electron chi connectivity index (χ2n) is 6.03. The van der Waals surface area contributed by atoms with Crippen LogP contribution in [0.15, 0.2) is 52.6 Å². The average molecular weight is 415 g/mol. The molecule has 1 aliphatic carbocycles. The normalized spacial score (nSPS) is 14.9. The van der Waals surface area contributed by atoms with Crippen molar-refractivity contribution < 1.29 is 4.79 Å². The third kappa shape index (κ3) is 3.62. The fraction of sp³-hybridized carbons (Fsp3) is 0.222. The Hall–Kier alpha value is -2.12. The van der Waals surface area contributed by atoms with Crippen LogP contribution in [0.1, 0.15) is 24.1 Å². The number of hydrogen-bond donors (Lipinski definition) is 1. The number of halogens is 1. The van der Waals surface area contributed by atoms with Crippen molar-refractivity contribution in [3.63, 3.8) is 0 Å². The zero-order valence-corrected chi connectivity index (χ0v) is 15.7. The lowest BCUT2D eigenvalue weighted by atomic mass is 10.0. The van der Waals surface area contributed by atoms with Gasteiger partial charge < -0.3 is 5.32 Å². The molecule has 1 N–H and O–H groups in total. The monoisotopic (exact) mass is 414 g/mol. The molecule has 126 valence electrons. The van der Waals surface area contributed by atoms with Crippen molar-refractivity contribution in [2.24, 2.45) is 0 Å². The van der Waals surface area contributed by atoms with Crippen molar-refractivity contribution in [2.45, 2.75) is 24.8 Å². The number of rotatable bonds is 5. The van der Waals surface area contributed by atoms with E-state index in [0.717, 1.165) is 33.6 Å². The van der Waals surface area contributed by atoms with E-state index in [0.29, 0.717) is 5.82 Å². The minimum Gasteiger partial charge on any atom is -0.346 e. The Bertz CT molecular complexity index is 891. The van der Waals surface area contributed by atoms with Crippen molar-refractivity contribution in [1.29, 1.82) is 0 Å². The van der Waals surface area contributed by atoms with E-state index < -0.39 is 0 Å².